The third-order valence-electron chi connectivity index (χ3n) is 5.12. The lowest BCUT2D eigenvalue weighted by molar-refractivity contribution is 0.414. The Morgan fingerprint density at radius 1 is 1.17 bits per heavy atom. The molecule has 3 aromatic rings. The van der Waals surface area contributed by atoms with Crippen molar-refractivity contribution in [2.24, 2.45) is 0 Å². The van der Waals surface area contributed by atoms with Gasteiger partial charge in [0.25, 0.3) is 0 Å². The molecule has 3 heterocycles. The lowest BCUT2D eigenvalue weighted by atomic mass is 10.2. The summed E-state index contributed by atoms with van der Waals surface area (Å²) < 4.78 is 35.1. The fourth-order valence-corrected chi connectivity index (χ4v) is 5.11. The first kappa shape index (κ1) is 19.7. The van der Waals surface area contributed by atoms with Crippen molar-refractivity contribution in [2.45, 2.75) is 37.1 Å². The summed E-state index contributed by atoms with van der Waals surface area (Å²) in [5.41, 5.74) is 1.42. The number of methoxy groups -OCH3 is 1. The van der Waals surface area contributed by atoms with E-state index >= 15 is 0 Å². The first-order valence-corrected chi connectivity index (χ1v) is 11.2. The van der Waals surface area contributed by atoms with Gasteiger partial charge in [-0.3, -0.25) is 4.40 Å². The highest BCUT2D eigenvalue weighted by atomic mass is 32.2. The predicted molar refractivity (Wildman–Crippen MR) is 111 cm³/mol. The summed E-state index contributed by atoms with van der Waals surface area (Å²) in [4.78, 5) is 8.95. The molecule has 0 radical (unpaired) electrons. The van der Waals surface area contributed by atoms with Crippen LogP contribution >= 0.6 is 0 Å². The van der Waals surface area contributed by atoms with Crippen LogP contribution in [0.4, 0.5) is 5.69 Å². The summed E-state index contributed by atoms with van der Waals surface area (Å²) in [6.07, 6.45) is 9.43. The standard InChI is InChI=1S/C20H25N5O3S/c1-28-19-8-7-17(29(26,27)25-11-4-2-3-5-12-25)13-18(19)22-14-16-15-24-10-6-9-21-20(24)23-16/h6-10,13,15,22H,2-5,11-12,14H2,1H3. The van der Waals surface area contributed by atoms with Gasteiger partial charge in [-0.1, -0.05) is 12.8 Å². The first-order chi connectivity index (χ1) is 14.1. The molecule has 0 atom stereocenters. The molecule has 1 aliphatic heterocycles. The molecule has 1 aliphatic rings. The Kier molecular flexibility index (Phi) is 5.68. The summed E-state index contributed by atoms with van der Waals surface area (Å²) in [5, 5.41) is 3.26. The molecule has 1 fully saturated rings. The fraction of sp³-hybridized carbons (Fsp3) is 0.400. The number of aromatic nitrogens is 3. The third kappa shape index (κ3) is 4.20. The van der Waals surface area contributed by atoms with E-state index in [-0.39, 0.29) is 4.90 Å². The van der Waals surface area contributed by atoms with E-state index in [2.05, 4.69) is 15.3 Å². The van der Waals surface area contributed by atoms with E-state index in [9.17, 15) is 8.42 Å². The van der Waals surface area contributed by atoms with Crippen molar-refractivity contribution < 1.29 is 13.2 Å². The van der Waals surface area contributed by atoms with E-state index in [0.717, 1.165) is 31.4 Å². The lowest BCUT2D eigenvalue weighted by Crippen LogP contribution is -2.32. The SMILES string of the molecule is COc1ccc(S(=O)(=O)N2CCCCCC2)cc1NCc1cn2cccnc2n1. The quantitative estimate of drug-likeness (QED) is 0.666. The van der Waals surface area contributed by atoms with E-state index in [0.29, 0.717) is 36.8 Å². The molecule has 2 aromatic heterocycles. The van der Waals surface area contributed by atoms with Gasteiger partial charge in [0.05, 0.1) is 29.9 Å². The number of hydrogen-bond donors (Lipinski definition) is 1. The number of benzene rings is 1. The Hall–Kier alpha value is -2.65. The summed E-state index contributed by atoms with van der Waals surface area (Å²) >= 11 is 0. The molecule has 8 nitrogen and oxygen atoms in total. The smallest absolute Gasteiger partial charge is 0.243 e. The topological polar surface area (TPSA) is 88.8 Å². The normalized spacial score (nSPS) is 15.9. The summed E-state index contributed by atoms with van der Waals surface area (Å²) in [5.74, 6) is 1.20. The zero-order chi connectivity index (χ0) is 20.3. The van der Waals surface area contributed by atoms with Crippen LogP contribution < -0.4 is 10.1 Å². The minimum atomic E-state index is -3.53. The summed E-state index contributed by atoms with van der Waals surface area (Å²) in [6.45, 7) is 1.57. The van der Waals surface area contributed by atoms with Crippen molar-refractivity contribution in [3.05, 3.63) is 48.5 Å². The van der Waals surface area contributed by atoms with Crippen molar-refractivity contribution in [3.8, 4) is 5.75 Å². The number of nitrogens with zero attached hydrogens (tertiary/aromatic N) is 4. The second-order valence-corrected chi connectivity index (χ2v) is 9.03. The number of imidazole rings is 1. The summed E-state index contributed by atoms with van der Waals surface area (Å²) in [6, 6.07) is 6.79. The van der Waals surface area contributed by atoms with Crippen LogP contribution in [-0.4, -0.2) is 47.3 Å². The Morgan fingerprint density at radius 3 is 2.69 bits per heavy atom. The molecule has 0 amide bonds. The molecular weight excluding hydrogens is 390 g/mol. The molecule has 0 bridgehead atoms. The first-order valence-electron chi connectivity index (χ1n) is 9.78. The zero-order valence-corrected chi connectivity index (χ0v) is 17.2. The van der Waals surface area contributed by atoms with Crippen LogP contribution in [0.15, 0.2) is 47.8 Å². The van der Waals surface area contributed by atoms with Crippen molar-refractivity contribution >= 4 is 21.5 Å². The van der Waals surface area contributed by atoms with Crippen LogP contribution in [-0.2, 0) is 16.6 Å². The third-order valence-corrected chi connectivity index (χ3v) is 7.01. The second-order valence-electron chi connectivity index (χ2n) is 7.09. The van der Waals surface area contributed by atoms with Gasteiger partial charge in [0.15, 0.2) is 0 Å². The largest absolute Gasteiger partial charge is 0.495 e. The van der Waals surface area contributed by atoms with Crippen LogP contribution in [0.1, 0.15) is 31.4 Å². The minimum absolute atomic E-state index is 0.277. The molecule has 9 heteroatoms. The zero-order valence-electron chi connectivity index (χ0n) is 16.4. The Morgan fingerprint density at radius 2 is 1.97 bits per heavy atom. The number of rotatable bonds is 6. The number of sulfonamides is 1. The van der Waals surface area contributed by atoms with Crippen LogP contribution in [0.5, 0.6) is 5.75 Å². The molecule has 0 spiro atoms. The Labute approximate surface area is 170 Å². The molecule has 1 aromatic carbocycles. The fourth-order valence-electron chi connectivity index (χ4n) is 3.57. The van der Waals surface area contributed by atoms with E-state index in [1.165, 1.54) is 0 Å². The van der Waals surface area contributed by atoms with E-state index in [4.69, 9.17) is 4.74 Å². The number of nitrogens with one attached hydrogen (secondary N) is 1. The molecule has 1 N–H and O–H groups in total. The molecule has 154 valence electrons. The van der Waals surface area contributed by atoms with Gasteiger partial charge in [-0.2, -0.15) is 4.31 Å². The van der Waals surface area contributed by atoms with Gasteiger partial charge >= 0.3 is 0 Å². The van der Waals surface area contributed by atoms with Gasteiger partial charge in [0, 0.05) is 31.7 Å². The van der Waals surface area contributed by atoms with Gasteiger partial charge in [0.2, 0.25) is 15.8 Å². The van der Waals surface area contributed by atoms with Crippen LogP contribution in [0.2, 0.25) is 0 Å². The number of hydrogen-bond acceptors (Lipinski definition) is 6. The van der Waals surface area contributed by atoms with Gasteiger partial charge in [-0.15, -0.1) is 0 Å². The highest BCUT2D eigenvalue weighted by molar-refractivity contribution is 7.89. The lowest BCUT2D eigenvalue weighted by Gasteiger charge is -2.21. The predicted octanol–water partition coefficient (Wildman–Crippen LogP) is 2.91. The van der Waals surface area contributed by atoms with Crippen molar-refractivity contribution in [1.29, 1.82) is 0 Å². The van der Waals surface area contributed by atoms with Crippen molar-refractivity contribution in [3.63, 3.8) is 0 Å². The number of anilines is 1. The monoisotopic (exact) mass is 415 g/mol. The van der Waals surface area contributed by atoms with Gasteiger partial charge in [-0.25, -0.2) is 18.4 Å². The van der Waals surface area contributed by atoms with Gasteiger partial charge in [-0.05, 0) is 37.1 Å². The van der Waals surface area contributed by atoms with Crippen molar-refractivity contribution in [2.75, 3.05) is 25.5 Å². The van der Waals surface area contributed by atoms with Crippen LogP contribution in [0.25, 0.3) is 5.78 Å². The molecule has 29 heavy (non-hydrogen) atoms. The number of ether oxygens (including phenoxy) is 1. The maximum absolute atomic E-state index is 13.1. The molecule has 0 unspecified atom stereocenters. The Bertz CT molecular complexity index is 1060. The van der Waals surface area contributed by atoms with E-state index in [1.807, 2.05) is 22.9 Å². The molecule has 4 rings (SSSR count). The second kappa shape index (κ2) is 8.38. The average Bonchev–Trinajstić information content (AvgIpc) is 2.94. The molecule has 0 saturated carbocycles. The van der Waals surface area contributed by atoms with Gasteiger partial charge in [0.1, 0.15) is 5.75 Å². The molecular formula is C20H25N5O3S. The van der Waals surface area contributed by atoms with Crippen LogP contribution in [0.3, 0.4) is 0 Å². The van der Waals surface area contributed by atoms with Crippen LogP contribution in [0, 0.1) is 0 Å². The maximum atomic E-state index is 13.1. The summed E-state index contributed by atoms with van der Waals surface area (Å²) in [7, 11) is -1.96. The highest BCUT2D eigenvalue weighted by Crippen LogP contribution is 2.30. The highest BCUT2D eigenvalue weighted by Gasteiger charge is 2.26. The van der Waals surface area contributed by atoms with Crippen molar-refractivity contribution in [1.82, 2.24) is 18.7 Å². The Balaban J connectivity index is 1.57. The minimum Gasteiger partial charge on any atom is -0.495 e. The molecule has 1 saturated heterocycles. The molecule has 0 aliphatic carbocycles. The average molecular weight is 416 g/mol. The number of fused-ring (bicyclic) bond motifs is 1. The maximum Gasteiger partial charge on any atom is 0.243 e. The van der Waals surface area contributed by atoms with Gasteiger partial charge < -0.3 is 10.1 Å². The van der Waals surface area contributed by atoms with E-state index in [1.54, 1.807) is 35.8 Å². The van der Waals surface area contributed by atoms with E-state index < -0.39 is 10.0 Å².